The van der Waals surface area contributed by atoms with Gasteiger partial charge < -0.3 is 9.84 Å². The summed E-state index contributed by atoms with van der Waals surface area (Å²) in [6, 6.07) is 0. The Morgan fingerprint density at radius 2 is 2.40 bits per heavy atom. The molecule has 0 radical (unpaired) electrons. The second-order valence-electron chi connectivity index (χ2n) is 4.06. The first-order valence-corrected chi connectivity index (χ1v) is 6.36. The quantitative estimate of drug-likeness (QED) is 0.480. The zero-order chi connectivity index (χ0) is 11.5. The third-order valence-electron chi connectivity index (χ3n) is 2.51. The highest BCUT2D eigenvalue weighted by Crippen LogP contribution is 2.34. The highest BCUT2D eigenvalue weighted by atomic mass is 127. The fourth-order valence-corrected chi connectivity index (χ4v) is 2.65. The first-order chi connectivity index (χ1) is 6.97. The lowest BCUT2D eigenvalue weighted by Crippen LogP contribution is -2.52. The summed E-state index contributed by atoms with van der Waals surface area (Å²) in [4.78, 5) is 13.4. The number of rotatable bonds is 2. The lowest BCUT2D eigenvalue weighted by Gasteiger charge is -2.41. The van der Waals surface area contributed by atoms with Gasteiger partial charge in [-0.1, -0.05) is 29.5 Å². The number of carbonyl (C=O) groups excluding carboxylic acids is 1. The van der Waals surface area contributed by atoms with Gasteiger partial charge in [-0.25, -0.2) is 4.79 Å². The maximum atomic E-state index is 11.7. The monoisotopic (exact) mass is 327 g/mol. The fourth-order valence-electron chi connectivity index (χ4n) is 1.70. The minimum atomic E-state index is -0.333. The van der Waals surface area contributed by atoms with E-state index >= 15 is 0 Å². The van der Waals surface area contributed by atoms with E-state index in [0.29, 0.717) is 26.0 Å². The van der Waals surface area contributed by atoms with E-state index in [2.05, 4.69) is 22.6 Å². The Bertz CT molecular complexity index is 233. The van der Waals surface area contributed by atoms with Crippen LogP contribution in [0, 0.1) is 0 Å². The average molecular weight is 327 g/mol. The molecule has 0 saturated carbocycles. The SMILES string of the molecule is CCCOC(=O)N1CCC(O)CC1(C)I. The number of halogens is 1. The molecule has 0 aliphatic carbocycles. The molecule has 15 heavy (non-hydrogen) atoms. The topological polar surface area (TPSA) is 49.8 Å². The predicted octanol–water partition coefficient (Wildman–Crippen LogP) is 2.14. The Labute approximate surface area is 104 Å². The van der Waals surface area contributed by atoms with Gasteiger partial charge in [0, 0.05) is 13.0 Å². The molecular formula is C10H18INO3. The maximum absolute atomic E-state index is 11.7. The van der Waals surface area contributed by atoms with Gasteiger partial charge in [-0.2, -0.15) is 0 Å². The van der Waals surface area contributed by atoms with Gasteiger partial charge in [0.25, 0.3) is 0 Å². The molecule has 2 atom stereocenters. The molecule has 1 heterocycles. The number of alkyl halides is 1. The molecule has 1 aliphatic heterocycles. The van der Waals surface area contributed by atoms with Crippen LogP contribution in [0.2, 0.25) is 0 Å². The average Bonchev–Trinajstić information content (AvgIpc) is 2.12. The molecule has 4 nitrogen and oxygen atoms in total. The first-order valence-electron chi connectivity index (χ1n) is 5.28. The third-order valence-corrected chi connectivity index (χ3v) is 3.53. The summed E-state index contributed by atoms with van der Waals surface area (Å²) in [5.41, 5.74) is 0. The van der Waals surface area contributed by atoms with E-state index < -0.39 is 0 Å². The molecule has 2 unspecified atom stereocenters. The van der Waals surface area contributed by atoms with E-state index in [0.717, 1.165) is 6.42 Å². The Morgan fingerprint density at radius 1 is 1.73 bits per heavy atom. The summed E-state index contributed by atoms with van der Waals surface area (Å²) in [5, 5.41) is 9.54. The summed E-state index contributed by atoms with van der Waals surface area (Å²) in [7, 11) is 0. The molecule has 0 aromatic carbocycles. The van der Waals surface area contributed by atoms with Crippen LogP contribution in [0.4, 0.5) is 4.79 Å². The highest BCUT2D eigenvalue weighted by molar-refractivity contribution is 14.1. The second kappa shape index (κ2) is 5.34. The molecule has 88 valence electrons. The molecule has 0 bridgehead atoms. The lowest BCUT2D eigenvalue weighted by atomic mass is 10.0. The zero-order valence-electron chi connectivity index (χ0n) is 9.20. The standard InChI is InChI=1S/C10H18INO3/c1-3-6-15-9(14)12-5-4-8(13)7-10(12,2)11/h8,13H,3-7H2,1-2H3. The summed E-state index contributed by atoms with van der Waals surface area (Å²) in [6.07, 6.45) is 1.51. The molecular weight excluding hydrogens is 309 g/mol. The number of amides is 1. The van der Waals surface area contributed by atoms with Crippen molar-refractivity contribution < 1.29 is 14.6 Å². The van der Waals surface area contributed by atoms with Crippen LogP contribution in [0.25, 0.3) is 0 Å². The molecule has 1 amide bonds. The summed E-state index contributed by atoms with van der Waals surface area (Å²) in [6.45, 7) is 4.95. The molecule has 1 N–H and O–H groups in total. The van der Waals surface area contributed by atoms with Crippen molar-refractivity contribution in [2.24, 2.45) is 0 Å². The van der Waals surface area contributed by atoms with Gasteiger partial charge in [-0.15, -0.1) is 0 Å². The highest BCUT2D eigenvalue weighted by Gasteiger charge is 2.39. The molecule has 1 aliphatic rings. The van der Waals surface area contributed by atoms with Gasteiger partial charge in [-0.05, 0) is 19.8 Å². The van der Waals surface area contributed by atoms with Crippen molar-refractivity contribution in [1.29, 1.82) is 0 Å². The largest absolute Gasteiger partial charge is 0.449 e. The zero-order valence-corrected chi connectivity index (χ0v) is 11.4. The summed E-state index contributed by atoms with van der Waals surface area (Å²) in [5.74, 6) is 0. The summed E-state index contributed by atoms with van der Waals surface area (Å²) >= 11 is 2.20. The molecule has 1 saturated heterocycles. The van der Waals surface area contributed by atoms with Gasteiger partial charge in [-0.3, -0.25) is 4.90 Å². The van der Waals surface area contributed by atoms with Crippen molar-refractivity contribution in [3.05, 3.63) is 0 Å². The van der Waals surface area contributed by atoms with E-state index in [1.165, 1.54) is 0 Å². The van der Waals surface area contributed by atoms with Crippen LogP contribution in [-0.2, 0) is 4.74 Å². The van der Waals surface area contributed by atoms with E-state index in [-0.39, 0.29) is 15.7 Å². The van der Waals surface area contributed by atoms with Crippen LogP contribution in [0.3, 0.4) is 0 Å². The Balaban J connectivity index is 2.56. The van der Waals surface area contributed by atoms with Gasteiger partial charge in [0.05, 0.1) is 16.3 Å². The van der Waals surface area contributed by atoms with Crippen LogP contribution in [0.5, 0.6) is 0 Å². The van der Waals surface area contributed by atoms with E-state index in [9.17, 15) is 9.90 Å². The number of likely N-dealkylation sites (tertiary alicyclic amines) is 1. The fraction of sp³-hybridized carbons (Fsp3) is 0.900. The molecule has 5 heteroatoms. The predicted molar refractivity (Wildman–Crippen MR) is 66.0 cm³/mol. The van der Waals surface area contributed by atoms with Crippen molar-refractivity contribution >= 4 is 28.7 Å². The molecule has 0 aromatic rings. The Kier molecular flexibility index (Phi) is 4.64. The van der Waals surface area contributed by atoms with Crippen LogP contribution in [0.15, 0.2) is 0 Å². The van der Waals surface area contributed by atoms with Crippen LogP contribution < -0.4 is 0 Å². The van der Waals surface area contributed by atoms with Gasteiger partial charge in [0.1, 0.15) is 0 Å². The third kappa shape index (κ3) is 3.48. The molecule has 1 fully saturated rings. The molecule has 1 rings (SSSR count). The minimum absolute atomic E-state index is 0.263. The number of hydrogen-bond acceptors (Lipinski definition) is 3. The molecule has 0 spiro atoms. The number of carbonyl (C=O) groups is 1. The van der Waals surface area contributed by atoms with Crippen molar-refractivity contribution in [1.82, 2.24) is 4.90 Å². The number of aliphatic hydroxyl groups excluding tert-OH is 1. The van der Waals surface area contributed by atoms with Gasteiger partial charge >= 0.3 is 6.09 Å². The van der Waals surface area contributed by atoms with Crippen molar-refractivity contribution in [2.75, 3.05) is 13.2 Å². The minimum Gasteiger partial charge on any atom is -0.449 e. The van der Waals surface area contributed by atoms with Gasteiger partial charge in [0.2, 0.25) is 0 Å². The Hall–Kier alpha value is -0.0400. The number of nitrogens with zero attached hydrogens (tertiary/aromatic N) is 1. The van der Waals surface area contributed by atoms with E-state index in [1.54, 1.807) is 4.90 Å². The normalized spacial score (nSPS) is 31.5. The lowest BCUT2D eigenvalue weighted by molar-refractivity contribution is 0.0288. The van der Waals surface area contributed by atoms with Crippen LogP contribution in [-0.4, -0.2) is 38.9 Å². The smallest absolute Gasteiger partial charge is 0.410 e. The first kappa shape index (κ1) is 13.0. The second-order valence-corrected chi connectivity index (χ2v) is 6.38. The van der Waals surface area contributed by atoms with Crippen molar-refractivity contribution in [3.8, 4) is 0 Å². The summed E-state index contributed by atoms with van der Waals surface area (Å²) < 4.78 is 4.77. The van der Waals surface area contributed by atoms with Crippen molar-refractivity contribution in [3.63, 3.8) is 0 Å². The number of aliphatic hydroxyl groups is 1. The van der Waals surface area contributed by atoms with Gasteiger partial charge in [0.15, 0.2) is 0 Å². The van der Waals surface area contributed by atoms with E-state index in [4.69, 9.17) is 4.74 Å². The number of piperidine rings is 1. The molecule has 0 aromatic heterocycles. The van der Waals surface area contributed by atoms with Crippen molar-refractivity contribution in [2.45, 2.75) is 42.8 Å². The number of ether oxygens (including phenoxy) is 1. The number of hydrogen-bond donors (Lipinski definition) is 1. The Morgan fingerprint density at radius 3 is 2.93 bits per heavy atom. The maximum Gasteiger partial charge on any atom is 0.410 e. The van der Waals surface area contributed by atoms with Crippen LogP contribution >= 0.6 is 22.6 Å². The van der Waals surface area contributed by atoms with Crippen LogP contribution in [0.1, 0.15) is 33.1 Å². The van der Waals surface area contributed by atoms with E-state index in [1.807, 2.05) is 13.8 Å².